The van der Waals surface area contributed by atoms with E-state index in [2.05, 4.69) is 5.10 Å². The van der Waals surface area contributed by atoms with Crippen molar-refractivity contribution in [3.8, 4) is 6.07 Å². The maximum Gasteiger partial charge on any atom is 0.350 e. The molecular formula is C16H13N5O2. The zero-order valence-electron chi connectivity index (χ0n) is 12.2. The summed E-state index contributed by atoms with van der Waals surface area (Å²) in [5.41, 5.74) is 0.687. The number of para-hydroxylation sites is 1. The molecule has 0 aliphatic rings. The van der Waals surface area contributed by atoms with Crippen LogP contribution in [0.2, 0.25) is 0 Å². The van der Waals surface area contributed by atoms with Crippen LogP contribution in [-0.2, 0) is 11.3 Å². The molecule has 0 unspecified atom stereocenters. The number of nitrogens with zero attached hydrogens (tertiary/aromatic N) is 5. The van der Waals surface area contributed by atoms with E-state index < -0.39 is 0 Å². The molecule has 114 valence electrons. The summed E-state index contributed by atoms with van der Waals surface area (Å²) in [5.74, 6) is -0.372. The van der Waals surface area contributed by atoms with E-state index in [1.807, 2.05) is 12.1 Å². The molecule has 3 aromatic rings. The number of rotatable bonds is 4. The Morgan fingerprint density at radius 1 is 1.17 bits per heavy atom. The fourth-order valence-corrected chi connectivity index (χ4v) is 2.29. The summed E-state index contributed by atoms with van der Waals surface area (Å²) in [5, 5.41) is 13.1. The third kappa shape index (κ3) is 2.82. The number of anilines is 1. The number of pyridine rings is 1. The van der Waals surface area contributed by atoms with Crippen LogP contribution in [0.25, 0.3) is 5.65 Å². The molecule has 3 rings (SSSR count). The van der Waals surface area contributed by atoms with Gasteiger partial charge in [0.2, 0.25) is 5.91 Å². The molecule has 7 heteroatoms. The quantitative estimate of drug-likeness (QED) is 0.675. The number of hydrogen-bond donors (Lipinski definition) is 0. The second-order valence-electron chi connectivity index (χ2n) is 4.84. The van der Waals surface area contributed by atoms with Crippen LogP contribution < -0.4 is 10.6 Å². The number of carbonyl (C=O) groups excluding carboxylic acids is 1. The van der Waals surface area contributed by atoms with Crippen LogP contribution in [0.1, 0.15) is 0 Å². The Labute approximate surface area is 131 Å². The first-order valence-electron chi connectivity index (χ1n) is 6.97. The first-order valence-corrected chi connectivity index (χ1v) is 6.97. The van der Waals surface area contributed by atoms with E-state index in [1.54, 1.807) is 48.7 Å². The van der Waals surface area contributed by atoms with Crippen LogP contribution in [0.15, 0.2) is 59.5 Å². The molecule has 7 nitrogen and oxygen atoms in total. The third-order valence-electron chi connectivity index (χ3n) is 3.37. The summed E-state index contributed by atoms with van der Waals surface area (Å²) in [6, 6.07) is 16.0. The SMILES string of the molecule is N#CCN(C(=O)Cn1nc2ccccn2c1=O)c1ccccc1. The summed E-state index contributed by atoms with van der Waals surface area (Å²) in [6.07, 6.45) is 1.59. The average molecular weight is 307 g/mol. The number of fused-ring (bicyclic) bond motifs is 1. The third-order valence-corrected chi connectivity index (χ3v) is 3.37. The van der Waals surface area contributed by atoms with Gasteiger partial charge in [0, 0.05) is 11.9 Å². The van der Waals surface area contributed by atoms with Crippen molar-refractivity contribution in [1.82, 2.24) is 14.2 Å². The highest BCUT2D eigenvalue weighted by atomic mass is 16.2. The zero-order chi connectivity index (χ0) is 16.2. The minimum Gasteiger partial charge on any atom is -0.297 e. The minimum absolute atomic E-state index is 0.0923. The first kappa shape index (κ1) is 14.5. The second-order valence-corrected chi connectivity index (χ2v) is 4.84. The van der Waals surface area contributed by atoms with Crippen LogP contribution >= 0.6 is 0 Å². The molecule has 0 atom stereocenters. The molecule has 0 bridgehead atoms. The highest BCUT2D eigenvalue weighted by Gasteiger charge is 2.18. The topological polar surface area (TPSA) is 83.4 Å². The highest BCUT2D eigenvalue weighted by molar-refractivity contribution is 5.93. The lowest BCUT2D eigenvalue weighted by Gasteiger charge is -2.19. The van der Waals surface area contributed by atoms with Gasteiger partial charge in [-0.05, 0) is 24.3 Å². The van der Waals surface area contributed by atoms with Gasteiger partial charge in [0.05, 0.1) is 6.07 Å². The van der Waals surface area contributed by atoms with Crippen LogP contribution in [0.4, 0.5) is 5.69 Å². The zero-order valence-corrected chi connectivity index (χ0v) is 12.2. The Morgan fingerprint density at radius 3 is 2.61 bits per heavy atom. The fourth-order valence-electron chi connectivity index (χ4n) is 2.29. The molecule has 0 aliphatic heterocycles. The van der Waals surface area contributed by atoms with E-state index in [1.165, 1.54) is 9.30 Å². The van der Waals surface area contributed by atoms with E-state index >= 15 is 0 Å². The summed E-state index contributed by atoms with van der Waals surface area (Å²) in [6.45, 7) is -0.317. The number of hydrogen-bond acceptors (Lipinski definition) is 4. The van der Waals surface area contributed by atoms with E-state index in [0.29, 0.717) is 11.3 Å². The number of carbonyl (C=O) groups is 1. The van der Waals surface area contributed by atoms with Crippen LogP contribution in [-0.4, -0.2) is 26.6 Å². The van der Waals surface area contributed by atoms with E-state index in [4.69, 9.17) is 5.26 Å². The molecule has 0 saturated heterocycles. The van der Waals surface area contributed by atoms with Crippen LogP contribution in [0.5, 0.6) is 0 Å². The monoisotopic (exact) mass is 307 g/mol. The van der Waals surface area contributed by atoms with Gasteiger partial charge in [-0.3, -0.25) is 14.1 Å². The maximum absolute atomic E-state index is 12.5. The van der Waals surface area contributed by atoms with Gasteiger partial charge in [0.1, 0.15) is 13.1 Å². The van der Waals surface area contributed by atoms with E-state index in [9.17, 15) is 9.59 Å². The standard InChI is InChI=1S/C16H13N5O2/c17-9-11-19(13-6-2-1-3-7-13)15(22)12-21-16(23)20-10-5-4-8-14(20)18-21/h1-8,10H,11-12H2. The highest BCUT2D eigenvalue weighted by Crippen LogP contribution is 2.13. The van der Waals surface area contributed by atoms with Gasteiger partial charge in [-0.1, -0.05) is 24.3 Å². The summed E-state index contributed by atoms with van der Waals surface area (Å²) < 4.78 is 2.47. The molecule has 1 aromatic carbocycles. The van der Waals surface area contributed by atoms with Gasteiger partial charge < -0.3 is 0 Å². The second kappa shape index (κ2) is 6.15. The molecule has 2 aromatic heterocycles. The van der Waals surface area contributed by atoms with Gasteiger partial charge >= 0.3 is 5.69 Å². The fraction of sp³-hybridized carbons (Fsp3) is 0.125. The molecule has 1 amide bonds. The van der Waals surface area contributed by atoms with E-state index in [-0.39, 0.29) is 24.7 Å². The van der Waals surface area contributed by atoms with Crippen LogP contribution in [0, 0.1) is 11.3 Å². The first-order chi connectivity index (χ1) is 11.2. The maximum atomic E-state index is 12.5. The predicted molar refractivity (Wildman–Crippen MR) is 83.9 cm³/mol. The van der Waals surface area contributed by atoms with Gasteiger partial charge in [-0.15, -0.1) is 5.10 Å². The number of nitriles is 1. The largest absolute Gasteiger partial charge is 0.350 e. The van der Waals surface area contributed by atoms with Crippen molar-refractivity contribution in [1.29, 1.82) is 5.26 Å². The smallest absolute Gasteiger partial charge is 0.297 e. The Balaban J connectivity index is 1.91. The predicted octanol–water partition coefficient (Wildman–Crippen LogP) is 1.05. The Kier molecular flexibility index (Phi) is 3.89. The average Bonchev–Trinajstić information content (AvgIpc) is 2.89. The normalized spacial score (nSPS) is 10.4. The summed E-state index contributed by atoms with van der Waals surface area (Å²) in [4.78, 5) is 26.0. The summed E-state index contributed by atoms with van der Waals surface area (Å²) in [7, 11) is 0. The number of benzene rings is 1. The Bertz CT molecular complexity index is 936. The molecule has 0 N–H and O–H groups in total. The van der Waals surface area contributed by atoms with E-state index in [0.717, 1.165) is 4.68 Å². The molecular weight excluding hydrogens is 294 g/mol. The lowest BCUT2D eigenvalue weighted by atomic mass is 10.3. The van der Waals surface area contributed by atoms with Crippen LogP contribution in [0.3, 0.4) is 0 Å². The van der Waals surface area contributed by atoms with Crippen molar-refractivity contribution in [3.63, 3.8) is 0 Å². The van der Waals surface area contributed by atoms with Crippen molar-refractivity contribution in [2.24, 2.45) is 0 Å². The Hall–Kier alpha value is -3.40. The molecule has 2 heterocycles. The van der Waals surface area contributed by atoms with Gasteiger partial charge in [-0.25, -0.2) is 9.48 Å². The van der Waals surface area contributed by atoms with Crippen molar-refractivity contribution >= 4 is 17.2 Å². The molecule has 0 saturated carbocycles. The lowest BCUT2D eigenvalue weighted by molar-refractivity contribution is -0.119. The number of aromatic nitrogens is 3. The van der Waals surface area contributed by atoms with Crippen molar-refractivity contribution in [2.75, 3.05) is 11.4 Å². The van der Waals surface area contributed by atoms with Crippen molar-refractivity contribution in [3.05, 3.63) is 65.2 Å². The molecule has 0 radical (unpaired) electrons. The summed E-state index contributed by atoms with van der Waals surface area (Å²) >= 11 is 0. The number of amides is 1. The molecule has 0 spiro atoms. The minimum atomic E-state index is -0.390. The molecule has 23 heavy (non-hydrogen) atoms. The van der Waals surface area contributed by atoms with Gasteiger partial charge in [0.15, 0.2) is 5.65 Å². The van der Waals surface area contributed by atoms with Gasteiger partial charge in [-0.2, -0.15) is 5.26 Å². The lowest BCUT2D eigenvalue weighted by Crippen LogP contribution is -2.37. The van der Waals surface area contributed by atoms with Crippen molar-refractivity contribution < 1.29 is 4.79 Å². The molecule has 0 fully saturated rings. The van der Waals surface area contributed by atoms with Gasteiger partial charge in [0.25, 0.3) is 0 Å². The molecule has 0 aliphatic carbocycles. The Morgan fingerprint density at radius 2 is 1.91 bits per heavy atom. The van der Waals surface area contributed by atoms with Crippen molar-refractivity contribution in [2.45, 2.75) is 6.54 Å².